The molecular formula is C21H20FN3O4S. The molecule has 1 heterocycles. The Morgan fingerprint density at radius 1 is 1.10 bits per heavy atom. The number of pyridine rings is 1. The summed E-state index contributed by atoms with van der Waals surface area (Å²) in [7, 11) is -3.99. The van der Waals surface area contributed by atoms with Gasteiger partial charge in [-0.25, -0.2) is 17.8 Å². The van der Waals surface area contributed by atoms with Crippen molar-refractivity contribution in [2.24, 2.45) is 0 Å². The Bertz CT molecular complexity index is 1130. The van der Waals surface area contributed by atoms with E-state index in [1.807, 2.05) is 6.92 Å². The highest BCUT2D eigenvalue weighted by atomic mass is 32.2. The first-order valence-electron chi connectivity index (χ1n) is 9.12. The molecule has 0 spiro atoms. The molecule has 0 radical (unpaired) electrons. The van der Waals surface area contributed by atoms with E-state index < -0.39 is 21.7 Å². The average molecular weight is 429 g/mol. The predicted octanol–water partition coefficient (Wildman–Crippen LogP) is 3.35. The number of anilines is 1. The first-order valence-corrected chi connectivity index (χ1v) is 10.6. The van der Waals surface area contributed by atoms with Gasteiger partial charge < -0.3 is 10.1 Å². The molecule has 0 saturated heterocycles. The Balaban J connectivity index is 1.75. The molecule has 2 aromatic carbocycles. The molecule has 7 nitrogen and oxygen atoms in total. The standard InChI is InChI=1S/C21H20FN3O4S/c1-2-29-20-13-15(11-12-23-20)14-24-21(26)18-5-3-4-6-19(18)25-30(27,28)17-9-7-16(22)8-10-17/h3-13,25H,2,14H2,1H3,(H,24,26). The number of nitrogens with one attached hydrogen (secondary N) is 2. The van der Waals surface area contributed by atoms with Crippen molar-refractivity contribution in [1.82, 2.24) is 10.3 Å². The molecular weight excluding hydrogens is 409 g/mol. The Morgan fingerprint density at radius 2 is 1.83 bits per heavy atom. The second kappa shape index (κ2) is 9.36. The van der Waals surface area contributed by atoms with E-state index in [0.717, 1.165) is 29.8 Å². The van der Waals surface area contributed by atoms with E-state index in [2.05, 4.69) is 15.0 Å². The third-order valence-electron chi connectivity index (χ3n) is 4.08. The van der Waals surface area contributed by atoms with Crippen molar-refractivity contribution in [3.05, 3.63) is 83.8 Å². The number of hydrogen-bond acceptors (Lipinski definition) is 5. The molecule has 0 saturated carbocycles. The van der Waals surface area contributed by atoms with Gasteiger partial charge in [-0.15, -0.1) is 0 Å². The van der Waals surface area contributed by atoms with E-state index in [1.54, 1.807) is 30.5 Å². The van der Waals surface area contributed by atoms with Gasteiger partial charge in [-0.05, 0) is 55.0 Å². The minimum atomic E-state index is -3.99. The fraction of sp³-hybridized carbons (Fsp3) is 0.143. The Labute approximate surface area is 174 Å². The predicted molar refractivity (Wildman–Crippen MR) is 110 cm³/mol. The maximum Gasteiger partial charge on any atom is 0.261 e. The van der Waals surface area contributed by atoms with Gasteiger partial charge in [-0.3, -0.25) is 9.52 Å². The van der Waals surface area contributed by atoms with Crippen LogP contribution in [0.3, 0.4) is 0 Å². The second-order valence-electron chi connectivity index (χ2n) is 6.22. The third-order valence-corrected chi connectivity index (χ3v) is 5.47. The van der Waals surface area contributed by atoms with Crippen LogP contribution in [0, 0.1) is 5.82 Å². The van der Waals surface area contributed by atoms with Crippen molar-refractivity contribution in [3.63, 3.8) is 0 Å². The molecule has 0 aliphatic heterocycles. The van der Waals surface area contributed by atoms with Gasteiger partial charge in [0.2, 0.25) is 5.88 Å². The Morgan fingerprint density at radius 3 is 2.57 bits per heavy atom. The lowest BCUT2D eigenvalue weighted by molar-refractivity contribution is 0.0951. The number of para-hydroxylation sites is 1. The van der Waals surface area contributed by atoms with Crippen LogP contribution in [0.2, 0.25) is 0 Å². The molecule has 0 bridgehead atoms. The SMILES string of the molecule is CCOc1cc(CNC(=O)c2ccccc2NS(=O)(=O)c2ccc(F)cc2)ccn1. The summed E-state index contributed by atoms with van der Waals surface area (Å²) in [5.74, 6) is -0.545. The molecule has 1 aromatic heterocycles. The minimum Gasteiger partial charge on any atom is -0.478 e. The van der Waals surface area contributed by atoms with E-state index in [-0.39, 0.29) is 22.7 Å². The molecule has 0 atom stereocenters. The van der Waals surface area contributed by atoms with Crippen molar-refractivity contribution >= 4 is 21.6 Å². The fourth-order valence-corrected chi connectivity index (χ4v) is 3.73. The van der Waals surface area contributed by atoms with Crippen LogP contribution in [0.25, 0.3) is 0 Å². The topological polar surface area (TPSA) is 97.4 Å². The molecule has 0 unspecified atom stereocenters. The number of rotatable bonds is 8. The van der Waals surface area contributed by atoms with Crippen LogP contribution in [0.15, 0.2) is 71.8 Å². The molecule has 9 heteroatoms. The molecule has 30 heavy (non-hydrogen) atoms. The number of hydrogen-bond donors (Lipinski definition) is 2. The number of carbonyl (C=O) groups excluding carboxylic acids is 1. The van der Waals surface area contributed by atoms with Crippen LogP contribution in [0.4, 0.5) is 10.1 Å². The number of amides is 1. The quantitative estimate of drug-likeness (QED) is 0.572. The number of aromatic nitrogens is 1. The van der Waals surface area contributed by atoms with Crippen LogP contribution in [-0.2, 0) is 16.6 Å². The first kappa shape index (κ1) is 21.3. The van der Waals surface area contributed by atoms with Crippen LogP contribution < -0.4 is 14.8 Å². The molecule has 0 aliphatic carbocycles. The van der Waals surface area contributed by atoms with Crippen LogP contribution in [0.1, 0.15) is 22.8 Å². The Hall–Kier alpha value is -3.46. The zero-order chi connectivity index (χ0) is 21.6. The summed E-state index contributed by atoms with van der Waals surface area (Å²) < 4.78 is 46.0. The second-order valence-corrected chi connectivity index (χ2v) is 7.91. The number of ether oxygens (including phenoxy) is 1. The van der Waals surface area contributed by atoms with Crippen LogP contribution in [-0.4, -0.2) is 25.9 Å². The lowest BCUT2D eigenvalue weighted by Gasteiger charge is -2.13. The number of sulfonamides is 1. The number of carbonyl (C=O) groups is 1. The maximum absolute atomic E-state index is 13.1. The summed E-state index contributed by atoms with van der Waals surface area (Å²) in [5, 5.41) is 2.75. The average Bonchev–Trinajstić information content (AvgIpc) is 2.73. The van der Waals surface area contributed by atoms with E-state index in [9.17, 15) is 17.6 Å². The lowest BCUT2D eigenvalue weighted by atomic mass is 10.1. The molecule has 2 N–H and O–H groups in total. The van der Waals surface area contributed by atoms with Crippen molar-refractivity contribution in [1.29, 1.82) is 0 Å². The van der Waals surface area contributed by atoms with E-state index in [4.69, 9.17) is 4.74 Å². The lowest BCUT2D eigenvalue weighted by Crippen LogP contribution is -2.25. The highest BCUT2D eigenvalue weighted by molar-refractivity contribution is 7.92. The van der Waals surface area contributed by atoms with Gasteiger partial charge in [-0.2, -0.15) is 0 Å². The highest BCUT2D eigenvalue weighted by Crippen LogP contribution is 2.20. The van der Waals surface area contributed by atoms with Crippen molar-refractivity contribution < 1.29 is 22.3 Å². The summed E-state index contributed by atoms with van der Waals surface area (Å²) in [4.78, 5) is 16.6. The highest BCUT2D eigenvalue weighted by Gasteiger charge is 2.18. The molecule has 1 amide bonds. The normalized spacial score (nSPS) is 11.0. The maximum atomic E-state index is 13.1. The number of benzene rings is 2. The molecule has 0 fully saturated rings. The fourth-order valence-electron chi connectivity index (χ4n) is 2.65. The van der Waals surface area contributed by atoms with Gasteiger partial charge in [0.15, 0.2) is 0 Å². The number of nitrogens with zero attached hydrogens (tertiary/aromatic N) is 1. The Kier molecular flexibility index (Phi) is 6.63. The minimum absolute atomic E-state index is 0.112. The molecule has 3 aromatic rings. The van der Waals surface area contributed by atoms with Gasteiger partial charge in [0.05, 0.1) is 22.8 Å². The zero-order valence-electron chi connectivity index (χ0n) is 16.1. The summed E-state index contributed by atoms with van der Waals surface area (Å²) in [6.45, 7) is 2.53. The van der Waals surface area contributed by atoms with Crippen molar-refractivity contribution in [2.75, 3.05) is 11.3 Å². The third kappa shape index (κ3) is 5.32. The largest absolute Gasteiger partial charge is 0.478 e. The van der Waals surface area contributed by atoms with Gasteiger partial charge in [0.25, 0.3) is 15.9 Å². The summed E-state index contributed by atoms with van der Waals surface area (Å²) in [6, 6.07) is 14.1. The van der Waals surface area contributed by atoms with Crippen molar-refractivity contribution in [3.8, 4) is 5.88 Å². The molecule has 3 rings (SSSR count). The molecule has 0 aliphatic rings. The molecule has 156 valence electrons. The monoisotopic (exact) mass is 429 g/mol. The van der Waals surface area contributed by atoms with Gasteiger partial charge in [0.1, 0.15) is 5.82 Å². The van der Waals surface area contributed by atoms with Crippen LogP contribution >= 0.6 is 0 Å². The summed E-state index contributed by atoms with van der Waals surface area (Å²) >= 11 is 0. The van der Waals surface area contributed by atoms with E-state index >= 15 is 0 Å². The first-order chi connectivity index (χ1) is 14.4. The summed E-state index contributed by atoms with van der Waals surface area (Å²) in [6.07, 6.45) is 1.58. The smallest absolute Gasteiger partial charge is 0.261 e. The van der Waals surface area contributed by atoms with Gasteiger partial charge in [0, 0.05) is 18.8 Å². The van der Waals surface area contributed by atoms with Crippen LogP contribution in [0.5, 0.6) is 5.88 Å². The van der Waals surface area contributed by atoms with Crippen molar-refractivity contribution in [2.45, 2.75) is 18.4 Å². The van der Waals surface area contributed by atoms with E-state index in [1.165, 1.54) is 12.1 Å². The summed E-state index contributed by atoms with van der Waals surface area (Å²) in [5.41, 5.74) is 1.05. The van der Waals surface area contributed by atoms with Gasteiger partial charge in [-0.1, -0.05) is 12.1 Å². The van der Waals surface area contributed by atoms with Gasteiger partial charge >= 0.3 is 0 Å². The number of halogens is 1. The zero-order valence-corrected chi connectivity index (χ0v) is 16.9. The van der Waals surface area contributed by atoms with E-state index in [0.29, 0.717) is 12.5 Å².